The van der Waals surface area contributed by atoms with E-state index in [9.17, 15) is 23.1 Å². The molecule has 0 aliphatic carbocycles. The first-order valence-corrected chi connectivity index (χ1v) is 9.41. The van der Waals surface area contributed by atoms with Crippen LogP contribution in [0.25, 0.3) is 10.9 Å². The number of thiazole rings is 1. The Morgan fingerprint density at radius 2 is 1.79 bits per heavy atom. The molecule has 0 fully saturated rings. The molecule has 9 heteroatoms. The Balaban J connectivity index is 1.46. The van der Waals surface area contributed by atoms with Gasteiger partial charge in [0.15, 0.2) is 0 Å². The summed E-state index contributed by atoms with van der Waals surface area (Å²) >= 11 is 0.954. The van der Waals surface area contributed by atoms with Gasteiger partial charge in [0, 0.05) is 23.0 Å². The van der Waals surface area contributed by atoms with Crippen molar-refractivity contribution in [3.05, 3.63) is 79.9 Å². The van der Waals surface area contributed by atoms with Crippen LogP contribution in [0.15, 0.2) is 53.3 Å². The monoisotopic (exact) mass is 420 g/mol. The standard InChI is InChI=1S/C20H15F3N2O3S/c21-20(22,23)13-3-1-11(2-4-13)10-28-15-5-6-16-12(8-15)7-14(24-16)9-17-18(26)25-19(27)29-17/h1-8,24,26H,9-10H2,(H,25,27). The lowest BCUT2D eigenvalue weighted by Crippen LogP contribution is -2.05. The summed E-state index contributed by atoms with van der Waals surface area (Å²) in [6, 6.07) is 12.2. The molecule has 0 saturated carbocycles. The van der Waals surface area contributed by atoms with E-state index in [4.69, 9.17) is 4.74 Å². The predicted molar refractivity (Wildman–Crippen MR) is 103 cm³/mol. The number of aromatic amines is 2. The molecule has 4 rings (SSSR count). The van der Waals surface area contributed by atoms with Crippen LogP contribution in [0.1, 0.15) is 21.7 Å². The molecule has 2 aromatic heterocycles. The molecule has 29 heavy (non-hydrogen) atoms. The van der Waals surface area contributed by atoms with Gasteiger partial charge in [-0.05, 0) is 42.0 Å². The van der Waals surface area contributed by atoms with Crippen molar-refractivity contribution in [3.8, 4) is 11.6 Å². The van der Waals surface area contributed by atoms with Gasteiger partial charge in [-0.3, -0.25) is 9.78 Å². The van der Waals surface area contributed by atoms with Crippen LogP contribution in [0.3, 0.4) is 0 Å². The van der Waals surface area contributed by atoms with Gasteiger partial charge in [-0.25, -0.2) is 0 Å². The number of hydrogen-bond donors (Lipinski definition) is 3. The number of alkyl halides is 3. The molecule has 0 amide bonds. The third-order valence-corrected chi connectivity index (χ3v) is 5.26. The fraction of sp³-hybridized carbons (Fsp3) is 0.150. The van der Waals surface area contributed by atoms with Crippen LogP contribution < -0.4 is 9.61 Å². The molecule has 4 aromatic rings. The highest BCUT2D eigenvalue weighted by Crippen LogP contribution is 2.29. The lowest BCUT2D eigenvalue weighted by Gasteiger charge is -2.09. The van der Waals surface area contributed by atoms with Gasteiger partial charge < -0.3 is 14.8 Å². The summed E-state index contributed by atoms with van der Waals surface area (Å²) in [5.74, 6) is 0.455. The van der Waals surface area contributed by atoms with E-state index in [1.54, 1.807) is 6.07 Å². The first-order valence-electron chi connectivity index (χ1n) is 8.59. The van der Waals surface area contributed by atoms with Crippen LogP contribution >= 0.6 is 11.3 Å². The van der Waals surface area contributed by atoms with Gasteiger partial charge in [0.1, 0.15) is 12.4 Å². The summed E-state index contributed by atoms with van der Waals surface area (Å²) in [5, 5.41) is 10.6. The summed E-state index contributed by atoms with van der Waals surface area (Å²) in [5.41, 5.74) is 1.63. The minimum atomic E-state index is -4.36. The fourth-order valence-electron chi connectivity index (χ4n) is 2.96. The van der Waals surface area contributed by atoms with E-state index in [2.05, 4.69) is 9.97 Å². The van der Waals surface area contributed by atoms with E-state index < -0.39 is 11.7 Å². The highest BCUT2D eigenvalue weighted by molar-refractivity contribution is 7.09. The molecule has 0 atom stereocenters. The normalized spacial score (nSPS) is 11.8. The predicted octanol–water partition coefficient (Wildman–Crippen LogP) is 4.81. The third kappa shape index (κ3) is 4.29. The van der Waals surface area contributed by atoms with E-state index in [1.807, 2.05) is 18.2 Å². The number of aromatic nitrogens is 2. The molecule has 5 nitrogen and oxygen atoms in total. The Labute approximate surface area is 166 Å². The van der Waals surface area contributed by atoms with Gasteiger partial charge in [0.2, 0.25) is 5.88 Å². The summed E-state index contributed by atoms with van der Waals surface area (Å²) in [6.07, 6.45) is -3.98. The third-order valence-electron chi connectivity index (χ3n) is 4.39. The maximum atomic E-state index is 12.6. The fourth-order valence-corrected chi connectivity index (χ4v) is 3.70. The zero-order valence-electron chi connectivity index (χ0n) is 14.8. The molecule has 0 bridgehead atoms. The summed E-state index contributed by atoms with van der Waals surface area (Å²) in [7, 11) is 0. The van der Waals surface area contributed by atoms with Gasteiger partial charge >= 0.3 is 11.0 Å². The number of rotatable bonds is 5. The van der Waals surface area contributed by atoms with Gasteiger partial charge in [0.25, 0.3) is 0 Å². The minimum absolute atomic E-state index is 0.126. The Bertz CT molecular complexity index is 1210. The highest BCUT2D eigenvalue weighted by atomic mass is 32.1. The molecule has 0 spiro atoms. The largest absolute Gasteiger partial charge is 0.494 e. The van der Waals surface area contributed by atoms with Crippen LogP contribution in [-0.2, 0) is 19.2 Å². The van der Waals surface area contributed by atoms with Crippen LogP contribution in [0.5, 0.6) is 11.6 Å². The topological polar surface area (TPSA) is 78.1 Å². The molecule has 2 aromatic carbocycles. The van der Waals surface area contributed by atoms with E-state index in [1.165, 1.54) is 12.1 Å². The molecule has 0 unspecified atom stereocenters. The van der Waals surface area contributed by atoms with Crippen LogP contribution in [0.2, 0.25) is 0 Å². The van der Waals surface area contributed by atoms with Crippen molar-refractivity contribution >= 4 is 22.2 Å². The number of nitrogens with one attached hydrogen (secondary N) is 2. The average molecular weight is 420 g/mol. The lowest BCUT2D eigenvalue weighted by atomic mass is 10.1. The average Bonchev–Trinajstić information content (AvgIpc) is 3.21. The summed E-state index contributed by atoms with van der Waals surface area (Å²) < 4.78 is 43.5. The van der Waals surface area contributed by atoms with E-state index in [0.717, 1.165) is 40.1 Å². The van der Waals surface area contributed by atoms with Crippen molar-refractivity contribution in [2.45, 2.75) is 19.2 Å². The first kappa shape index (κ1) is 19.1. The minimum Gasteiger partial charge on any atom is -0.494 e. The molecular formula is C20H15F3N2O3S. The number of fused-ring (bicyclic) bond motifs is 1. The second-order valence-electron chi connectivity index (χ2n) is 6.49. The van der Waals surface area contributed by atoms with Crippen LogP contribution in [-0.4, -0.2) is 15.1 Å². The summed E-state index contributed by atoms with van der Waals surface area (Å²) in [6.45, 7) is 0.145. The van der Waals surface area contributed by atoms with Crippen molar-refractivity contribution in [2.75, 3.05) is 0 Å². The van der Waals surface area contributed by atoms with E-state index >= 15 is 0 Å². The van der Waals surface area contributed by atoms with Gasteiger partial charge in [-0.15, -0.1) is 0 Å². The number of aromatic hydroxyl groups is 1. The van der Waals surface area contributed by atoms with Crippen molar-refractivity contribution in [2.24, 2.45) is 0 Å². The molecule has 0 aliphatic rings. The smallest absolute Gasteiger partial charge is 0.416 e. The zero-order chi connectivity index (χ0) is 20.6. The molecule has 150 valence electrons. The van der Waals surface area contributed by atoms with Crippen molar-refractivity contribution in [1.82, 2.24) is 9.97 Å². The number of hydrogen-bond acceptors (Lipinski definition) is 4. The summed E-state index contributed by atoms with van der Waals surface area (Å²) in [4.78, 5) is 17.1. The SMILES string of the molecule is O=c1[nH]c(O)c(Cc2cc3cc(OCc4ccc(C(F)(F)F)cc4)ccc3[nH]2)s1. The highest BCUT2D eigenvalue weighted by Gasteiger charge is 2.29. The Morgan fingerprint density at radius 1 is 1.03 bits per heavy atom. The van der Waals surface area contributed by atoms with Crippen LogP contribution in [0.4, 0.5) is 13.2 Å². The number of ether oxygens (including phenoxy) is 1. The van der Waals surface area contributed by atoms with Crippen LogP contribution in [0, 0.1) is 0 Å². The molecular weight excluding hydrogens is 405 g/mol. The molecule has 3 N–H and O–H groups in total. The molecule has 0 saturated heterocycles. The lowest BCUT2D eigenvalue weighted by molar-refractivity contribution is -0.137. The maximum Gasteiger partial charge on any atom is 0.416 e. The quantitative estimate of drug-likeness (QED) is 0.434. The Morgan fingerprint density at radius 3 is 2.45 bits per heavy atom. The zero-order valence-corrected chi connectivity index (χ0v) is 15.7. The van der Waals surface area contributed by atoms with Crippen molar-refractivity contribution in [1.29, 1.82) is 0 Å². The van der Waals surface area contributed by atoms with E-state index in [0.29, 0.717) is 22.6 Å². The Kier molecular flexibility index (Phi) is 4.83. The van der Waals surface area contributed by atoms with Gasteiger partial charge in [-0.1, -0.05) is 23.5 Å². The molecule has 0 aliphatic heterocycles. The maximum absolute atomic E-state index is 12.6. The number of benzene rings is 2. The first-order chi connectivity index (χ1) is 13.8. The van der Waals surface area contributed by atoms with E-state index in [-0.39, 0.29) is 17.4 Å². The van der Waals surface area contributed by atoms with Crippen molar-refractivity contribution in [3.63, 3.8) is 0 Å². The number of halogens is 3. The Hall–Kier alpha value is -3.20. The van der Waals surface area contributed by atoms with Gasteiger partial charge in [0.05, 0.1) is 10.4 Å². The second-order valence-corrected chi connectivity index (χ2v) is 7.56. The molecule has 0 radical (unpaired) electrons. The van der Waals surface area contributed by atoms with Crippen molar-refractivity contribution < 1.29 is 23.0 Å². The van der Waals surface area contributed by atoms with Gasteiger partial charge in [-0.2, -0.15) is 13.2 Å². The molecule has 2 heterocycles. The number of H-pyrrole nitrogens is 2. The second kappa shape index (κ2) is 7.32.